The third-order valence-corrected chi connectivity index (χ3v) is 6.99. The molecule has 4 aromatic carbocycles. The predicted octanol–water partition coefficient (Wildman–Crippen LogP) is 6.18. The first kappa shape index (κ1) is 18.2. The molecule has 3 heteroatoms. The van der Waals surface area contributed by atoms with Crippen LogP contribution < -0.4 is 10.6 Å². The number of hydrogen-bond donors (Lipinski definition) is 2. The SMILES string of the molecule is CNC(=O)c1cccc2c1NC(c1c3ccccc3cc3ccccc13)C1CC=CC21. The van der Waals surface area contributed by atoms with Crippen LogP contribution in [-0.4, -0.2) is 13.0 Å². The molecule has 0 bridgehead atoms. The van der Waals surface area contributed by atoms with Crippen LogP contribution in [-0.2, 0) is 0 Å². The number of allylic oxidation sites excluding steroid dienone is 2. The van der Waals surface area contributed by atoms with Gasteiger partial charge in [0.2, 0.25) is 0 Å². The highest BCUT2D eigenvalue weighted by molar-refractivity contribution is 6.04. The third kappa shape index (κ3) is 2.70. The van der Waals surface area contributed by atoms with Gasteiger partial charge in [-0.05, 0) is 57.1 Å². The van der Waals surface area contributed by atoms with Gasteiger partial charge in [-0.15, -0.1) is 0 Å². The summed E-state index contributed by atoms with van der Waals surface area (Å²) in [6, 6.07) is 25.8. The summed E-state index contributed by atoms with van der Waals surface area (Å²) in [7, 11) is 1.69. The van der Waals surface area contributed by atoms with Crippen molar-refractivity contribution < 1.29 is 4.79 Å². The Morgan fingerprint density at radius 3 is 2.35 bits per heavy atom. The molecule has 0 aromatic heterocycles. The van der Waals surface area contributed by atoms with E-state index in [1.54, 1.807) is 7.05 Å². The van der Waals surface area contributed by atoms with E-state index in [1.165, 1.54) is 32.7 Å². The lowest BCUT2D eigenvalue weighted by atomic mass is 9.74. The first-order valence-electron chi connectivity index (χ1n) is 10.9. The van der Waals surface area contributed by atoms with E-state index in [1.807, 2.05) is 12.1 Å². The molecule has 6 rings (SSSR count). The molecule has 0 saturated carbocycles. The zero-order valence-electron chi connectivity index (χ0n) is 17.4. The number of carbonyl (C=O) groups excluding carboxylic acids is 1. The van der Waals surface area contributed by atoms with Gasteiger partial charge < -0.3 is 10.6 Å². The molecule has 0 fully saturated rings. The van der Waals surface area contributed by atoms with Crippen molar-refractivity contribution in [2.45, 2.75) is 18.4 Å². The minimum Gasteiger partial charge on any atom is -0.377 e. The molecule has 0 radical (unpaired) electrons. The van der Waals surface area contributed by atoms with Crippen LogP contribution in [0.4, 0.5) is 5.69 Å². The van der Waals surface area contributed by atoms with Gasteiger partial charge >= 0.3 is 0 Å². The molecule has 0 spiro atoms. The summed E-state index contributed by atoms with van der Waals surface area (Å²) in [4.78, 5) is 12.7. The fourth-order valence-corrected chi connectivity index (χ4v) is 5.62. The second-order valence-electron chi connectivity index (χ2n) is 8.56. The van der Waals surface area contributed by atoms with Gasteiger partial charge in [-0.25, -0.2) is 0 Å². The minimum atomic E-state index is -0.0497. The molecule has 2 aliphatic rings. The van der Waals surface area contributed by atoms with E-state index in [4.69, 9.17) is 0 Å². The van der Waals surface area contributed by atoms with Gasteiger partial charge in [0.15, 0.2) is 0 Å². The highest BCUT2D eigenvalue weighted by Crippen LogP contribution is 2.52. The van der Waals surface area contributed by atoms with Crippen LogP contribution in [0, 0.1) is 5.92 Å². The highest BCUT2D eigenvalue weighted by Gasteiger charge is 2.40. The van der Waals surface area contributed by atoms with E-state index in [0.29, 0.717) is 17.4 Å². The molecule has 1 aliphatic heterocycles. The minimum absolute atomic E-state index is 0.0497. The quantitative estimate of drug-likeness (QED) is 0.309. The molecular formula is C28H24N2O. The molecule has 31 heavy (non-hydrogen) atoms. The normalized spacial score (nSPS) is 21.5. The van der Waals surface area contributed by atoms with Gasteiger partial charge in [0.05, 0.1) is 17.3 Å². The van der Waals surface area contributed by atoms with E-state index >= 15 is 0 Å². The van der Waals surface area contributed by atoms with Crippen LogP contribution in [0.25, 0.3) is 21.5 Å². The summed E-state index contributed by atoms with van der Waals surface area (Å²) in [5.74, 6) is 0.677. The van der Waals surface area contributed by atoms with Crippen molar-refractivity contribution in [2.24, 2.45) is 5.92 Å². The lowest BCUT2D eigenvalue weighted by Crippen LogP contribution is -2.31. The summed E-state index contributed by atoms with van der Waals surface area (Å²) in [6.45, 7) is 0. The van der Waals surface area contributed by atoms with Gasteiger partial charge in [-0.2, -0.15) is 0 Å². The summed E-state index contributed by atoms with van der Waals surface area (Å²) < 4.78 is 0. The molecule has 4 aromatic rings. The van der Waals surface area contributed by atoms with Crippen molar-refractivity contribution in [3.63, 3.8) is 0 Å². The Bertz CT molecular complexity index is 1320. The standard InChI is InChI=1S/C28H24N2O/c1-29-28(31)24-15-7-13-22-21-12-6-14-23(21)27(30-26(22)24)25-19-10-4-2-8-17(19)16-18-9-3-5-11-20(18)25/h2-13,15-16,21,23,27,30H,14H2,1H3,(H,29,31). The van der Waals surface area contributed by atoms with Gasteiger partial charge in [-0.3, -0.25) is 4.79 Å². The van der Waals surface area contributed by atoms with Crippen molar-refractivity contribution in [3.8, 4) is 0 Å². The monoisotopic (exact) mass is 404 g/mol. The second kappa shape index (κ2) is 6.98. The van der Waals surface area contributed by atoms with Gasteiger partial charge in [0, 0.05) is 13.0 Å². The Morgan fingerprint density at radius 1 is 0.935 bits per heavy atom. The van der Waals surface area contributed by atoms with Crippen molar-refractivity contribution >= 4 is 33.1 Å². The number of anilines is 1. The number of hydrogen-bond acceptors (Lipinski definition) is 2. The Hall–Kier alpha value is -3.59. The van der Waals surface area contributed by atoms with Crippen molar-refractivity contribution in [3.05, 3.63) is 102 Å². The molecule has 1 heterocycles. The Balaban J connectivity index is 1.63. The third-order valence-electron chi connectivity index (χ3n) is 6.99. The zero-order valence-corrected chi connectivity index (χ0v) is 17.4. The topological polar surface area (TPSA) is 41.1 Å². The molecule has 1 aliphatic carbocycles. The fraction of sp³-hybridized carbons (Fsp3) is 0.179. The van der Waals surface area contributed by atoms with Crippen molar-refractivity contribution in [1.29, 1.82) is 0 Å². The lowest BCUT2D eigenvalue weighted by molar-refractivity contribution is 0.0963. The predicted molar refractivity (Wildman–Crippen MR) is 128 cm³/mol. The van der Waals surface area contributed by atoms with E-state index in [2.05, 4.69) is 83.4 Å². The van der Waals surface area contributed by atoms with Crippen molar-refractivity contribution in [1.82, 2.24) is 5.32 Å². The van der Waals surface area contributed by atoms with Crippen LogP contribution in [0.3, 0.4) is 0 Å². The Labute approximate surface area is 181 Å². The summed E-state index contributed by atoms with van der Waals surface area (Å²) in [6.07, 6.45) is 5.67. The molecule has 3 unspecified atom stereocenters. The maximum atomic E-state index is 12.7. The molecule has 2 N–H and O–H groups in total. The molecular weight excluding hydrogens is 380 g/mol. The summed E-state index contributed by atoms with van der Waals surface area (Å²) in [5, 5.41) is 11.7. The lowest BCUT2D eigenvalue weighted by Gasteiger charge is -2.39. The van der Waals surface area contributed by atoms with Gasteiger partial charge in [0.1, 0.15) is 0 Å². The number of rotatable bonds is 2. The maximum Gasteiger partial charge on any atom is 0.253 e. The number of para-hydroxylation sites is 1. The number of fused-ring (bicyclic) bond motifs is 5. The average Bonchev–Trinajstić information content (AvgIpc) is 3.32. The molecule has 1 amide bonds. The van der Waals surface area contributed by atoms with Crippen molar-refractivity contribution in [2.75, 3.05) is 12.4 Å². The van der Waals surface area contributed by atoms with E-state index in [9.17, 15) is 4.79 Å². The number of amides is 1. The van der Waals surface area contributed by atoms with Crippen LogP contribution in [0.5, 0.6) is 0 Å². The molecule has 3 atom stereocenters. The number of carbonyl (C=O) groups is 1. The van der Waals surface area contributed by atoms with Crippen LogP contribution in [0.2, 0.25) is 0 Å². The fourth-order valence-electron chi connectivity index (χ4n) is 5.62. The Kier molecular flexibility index (Phi) is 4.10. The number of nitrogens with one attached hydrogen (secondary N) is 2. The van der Waals surface area contributed by atoms with E-state index in [-0.39, 0.29) is 11.9 Å². The molecule has 152 valence electrons. The highest BCUT2D eigenvalue weighted by atomic mass is 16.1. The van der Waals surface area contributed by atoms with Crippen LogP contribution in [0.15, 0.2) is 84.9 Å². The average molecular weight is 405 g/mol. The smallest absolute Gasteiger partial charge is 0.253 e. The Morgan fingerprint density at radius 2 is 1.65 bits per heavy atom. The first-order valence-corrected chi connectivity index (χ1v) is 10.9. The number of benzene rings is 4. The maximum absolute atomic E-state index is 12.7. The largest absolute Gasteiger partial charge is 0.377 e. The van der Waals surface area contributed by atoms with Crippen LogP contribution >= 0.6 is 0 Å². The summed E-state index contributed by atoms with van der Waals surface area (Å²) >= 11 is 0. The molecule has 3 nitrogen and oxygen atoms in total. The first-order chi connectivity index (χ1) is 15.3. The van der Waals surface area contributed by atoms with Gasteiger partial charge in [0.25, 0.3) is 5.91 Å². The van der Waals surface area contributed by atoms with E-state index in [0.717, 1.165) is 12.1 Å². The zero-order chi connectivity index (χ0) is 20.9. The van der Waals surface area contributed by atoms with Gasteiger partial charge in [-0.1, -0.05) is 72.8 Å². The summed E-state index contributed by atoms with van der Waals surface area (Å²) in [5.41, 5.74) is 4.25. The second-order valence-corrected chi connectivity index (χ2v) is 8.56. The van der Waals surface area contributed by atoms with Crippen LogP contribution in [0.1, 0.15) is 39.9 Å². The van der Waals surface area contributed by atoms with E-state index < -0.39 is 0 Å². The molecule has 0 saturated heterocycles.